The minimum atomic E-state index is -0.309. The van der Waals surface area contributed by atoms with Crippen LogP contribution in [0.15, 0.2) is 24.3 Å². The van der Waals surface area contributed by atoms with Gasteiger partial charge in [-0.3, -0.25) is 0 Å². The van der Waals surface area contributed by atoms with E-state index in [1.807, 2.05) is 6.92 Å². The summed E-state index contributed by atoms with van der Waals surface area (Å²) < 4.78 is 0. The van der Waals surface area contributed by atoms with Gasteiger partial charge >= 0.3 is 6.03 Å². The number of hydrogen-bond donors (Lipinski definition) is 3. The summed E-state index contributed by atoms with van der Waals surface area (Å²) in [7, 11) is 0. The third kappa shape index (κ3) is 5.51. The molecule has 1 unspecified atom stereocenters. The van der Waals surface area contributed by atoms with E-state index < -0.39 is 0 Å². The van der Waals surface area contributed by atoms with Crippen LogP contribution in [0.2, 0.25) is 5.02 Å². The molecule has 1 aromatic rings. The number of nitrogens with two attached hydrogens (primary N) is 1. The van der Waals surface area contributed by atoms with E-state index >= 15 is 0 Å². The Kier molecular flexibility index (Phi) is 5.18. The van der Waals surface area contributed by atoms with Gasteiger partial charge in [0.2, 0.25) is 0 Å². The summed E-state index contributed by atoms with van der Waals surface area (Å²) in [5.74, 6) is 0. The lowest BCUT2D eigenvalue weighted by Gasteiger charge is -2.13. The predicted octanol–water partition coefficient (Wildman–Crippen LogP) is 2.53. The van der Waals surface area contributed by atoms with Crippen molar-refractivity contribution in [2.45, 2.75) is 19.4 Å². The van der Waals surface area contributed by atoms with Crippen molar-refractivity contribution >= 4 is 40.5 Å². The molecule has 6 heteroatoms. The summed E-state index contributed by atoms with van der Waals surface area (Å²) in [6.45, 7) is 1.83. The number of anilines is 1. The quantitative estimate of drug-likeness (QED) is 0.737. The van der Waals surface area contributed by atoms with Gasteiger partial charge in [0.25, 0.3) is 0 Å². The molecule has 1 atom stereocenters. The average molecular weight is 272 g/mol. The zero-order valence-corrected chi connectivity index (χ0v) is 10.9. The molecule has 0 aliphatic carbocycles. The second-order valence-corrected chi connectivity index (χ2v) is 4.64. The monoisotopic (exact) mass is 271 g/mol. The van der Waals surface area contributed by atoms with E-state index in [0.29, 0.717) is 22.1 Å². The van der Waals surface area contributed by atoms with Crippen LogP contribution in [0.25, 0.3) is 0 Å². The van der Waals surface area contributed by atoms with E-state index in [1.54, 1.807) is 24.3 Å². The van der Waals surface area contributed by atoms with Crippen molar-refractivity contribution in [2.75, 3.05) is 5.32 Å². The van der Waals surface area contributed by atoms with Crippen LogP contribution >= 0.6 is 23.8 Å². The van der Waals surface area contributed by atoms with Crippen molar-refractivity contribution in [1.29, 1.82) is 0 Å². The van der Waals surface area contributed by atoms with Crippen molar-refractivity contribution < 1.29 is 4.79 Å². The molecule has 0 aliphatic rings. The zero-order chi connectivity index (χ0) is 12.8. The third-order valence-electron chi connectivity index (χ3n) is 1.97. The number of amides is 2. The predicted molar refractivity (Wildman–Crippen MR) is 74.5 cm³/mol. The second-order valence-electron chi connectivity index (χ2n) is 3.68. The fourth-order valence-corrected chi connectivity index (χ4v) is 1.75. The number of benzene rings is 1. The van der Waals surface area contributed by atoms with Gasteiger partial charge in [-0.1, -0.05) is 29.9 Å². The molecule has 0 spiro atoms. The first-order chi connectivity index (χ1) is 7.97. The average Bonchev–Trinajstić information content (AvgIpc) is 2.14. The summed E-state index contributed by atoms with van der Waals surface area (Å²) in [6.07, 6.45) is 0.471. The van der Waals surface area contributed by atoms with Crippen molar-refractivity contribution in [3.8, 4) is 0 Å². The second kappa shape index (κ2) is 6.42. The van der Waals surface area contributed by atoms with Gasteiger partial charge in [0.15, 0.2) is 0 Å². The van der Waals surface area contributed by atoms with Crippen LogP contribution in [-0.4, -0.2) is 17.1 Å². The molecule has 0 bridgehead atoms. The molecular formula is C11H14ClN3OS. The molecule has 0 saturated heterocycles. The number of carbonyl (C=O) groups excluding carboxylic acids is 1. The Morgan fingerprint density at radius 3 is 2.88 bits per heavy atom. The summed E-state index contributed by atoms with van der Waals surface area (Å²) in [6, 6.07) is 6.50. The number of urea groups is 1. The van der Waals surface area contributed by atoms with Crippen LogP contribution in [-0.2, 0) is 0 Å². The van der Waals surface area contributed by atoms with Gasteiger partial charge < -0.3 is 16.4 Å². The number of carbonyl (C=O) groups is 1. The minimum absolute atomic E-state index is 0.105. The maximum absolute atomic E-state index is 11.6. The highest BCUT2D eigenvalue weighted by molar-refractivity contribution is 7.80. The summed E-state index contributed by atoms with van der Waals surface area (Å²) in [5.41, 5.74) is 6.02. The molecule has 0 saturated carbocycles. The number of halogens is 1. The molecule has 2 amide bonds. The highest BCUT2D eigenvalue weighted by Gasteiger charge is 2.08. The Bertz CT molecular complexity index is 425. The zero-order valence-electron chi connectivity index (χ0n) is 9.37. The molecule has 0 radical (unpaired) electrons. The normalized spacial score (nSPS) is 11.6. The number of hydrogen-bond acceptors (Lipinski definition) is 2. The van der Waals surface area contributed by atoms with Crippen molar-refractivity contribution in [1.82, 2.24) is 5.32 Å². The fraction of sp³-hybridized carbons (Fsp3) is 0.273. The molecule has 17 heavy (non-hydrogen) atoms. The van der Waals surface area contributed by atoms with Gasteiger partial charge in [-0.25, -0.2) is 4.79 Å². The van der Waals surface area contributed by atoms with Gasteiger partial charge in [0, 0.05) is 23.2 Å². The number of nitrogens with one attached hydrogen (secondary N) is 2. The topological polar surface area (TPSA) is 67.1 Å². The van der Waals surface area contributed by atoms with E-state index in [1.165, 1.54) is 0 Å². The van der Waals surface area contributed by atoms with Gasteiger partial charge in [-0.05, 0) is 25.1 Å². The molecule has 1 rings (SSSR count). The van der Waals surface area contributed by atoms with E-state index in [2.05, 4.69) is 10.6 Å². The van der Waals surface area contributed by atoms with E-state index in [9.17, 15) is 4.79 Å². The molecular weight excluding hydrogens is 258 g/mol. The lowest BCUT2D eigenvalue weighted by Crippen LogP contribution is -2.38. The maximum Gasteiger partial charge on any atom is 0.319 e. The lowest BCUT2D eigenvalue weighted by molar-refractivity contribution is 0.249. The Morgan fingerprint density at radius 1 is 1.59 bits per heavy atom. The fourth-order valence-electron chi connectivity index (χ4n) is 1.31. The van der Waals surface area contributed by atoms with Crippen molar-refractivity contribution in [3.05, 3.63) is 29.3 Å². The van der Waals surface area contributed by atoms with Crippen molar-refractivity contribution in [3.63, 3.8) is 0 Å². The largest absolute Gasteiger partial charge is 0.393 e. The van der Waals surface area contributed by atoms with Crippen LogP contribution in [0, 0.1) is 0 Å². The Balaban J connectivity index is 2.47. The Hall–Kier alpha value is -1.33. The molecule has 0 aliphatic heterocycles. The van der Waals surface area contributed by atoms with Gasteiger partial charge in [-0.15, -0.1) is 0 Å². The van der Waals surface area contributed by atoms with Crippen LogP contribution in [0.5, 0.6) is 0 Å². The van der Waals surface area contributed by atoms with E-state index in [-0.39, 0.29) is 12.1 Å². The van der Waals surface area contributed by atoms with Crippen LogP contribution in [0.3, 0.4) is 0 Å². The van der Waals surface area contributed by atoms with Crippen LogP contribution in [0.1, 0.15) is 13.3 Å². The third-order valence-corrected chi connectivity index (χ3v) is 2.37. The molecule has 1 aromatic carbocycles. The first-order valence-electron chi connectivity index (χ1n) is 5.09. The molecule has 92 valence electrons. The summed E-state index contributed by atoms with van der Waals surface area (Å²) in [4.78, 5) is 11.9. The van der Waals surface area contributed by atoms with Gasteiger partial charge in [0.05, 0.1) is 4.99 Å². The standard InChI is InChI=1S/C11H14ClN3OS/c1-7(5-10(13)17)14-11(16)15-9-4-2-3-8(12)6-9/h2-4,6-7H,5H2,1H3,(H2,13,17)(H2,14,15,16). The van der Waals surface area contributed by atoms with Crippen LogP contribution in [0.4, 0.5) is 10.5 Å². The Labute approximate surface area is 111 Å². The minimum Gasteiger partial charge on any atom is -0.393 e. The summed E-state index contributed by atoms with van der Waals surface area (Å²) >= 11 is 10.6. The van der Waals surface area contributed by atoms with Crippen molar-refractivity contribution in [2.24, 2.45) is 5.73 Å². The molecule has 4 N–H and O–H groups in total. The lowest BCUT2D eigenvalue weighted by atomic mass is 10.2. The Morgan fingerprint density at radius 2 is 2.29 bits per heavy atom. The first kappa shape index (κ1) is 13.7. The number of rotatable bonds is 4. The summed E-state index contributed by atoms with van der Waals surface area (Å²) in [5, 5.41) is 5.96. The smallest absolute Gasteiger partial charge is 0.319 e. The van der Waals surface area contributed by atoms with Gasteiger partial charge in [-0.2, -0.15) is 0 Å². The molecule has 0 heterocycles. The SMILES string of the molecule is CC(CC(N)=S)NC(=O)Nc1cccc(Cl)c1. The first-order valence-corrected chi connectivity index (χ1v) is 5.87. The molecule has 0 aromatic heterocycles. The highest BCUT2D eigenvalue weighted by Crippen LogP contribution is 2.14. The maximum atomic E-state index is 11.6. The van der Waals surface area contributed by atoms with E-state index in [0.717, 1.165) is 0 Å². The highest BCUT2D eigenvalue weighted by atomic mass is 35.5. The number of thiocarbonyl (C=S) groups is 1. The van der Waals surface area contributed by atoms with E-state index in [4.69, 9.17) is 29.6 Å². The molecule has 0 fully saturated rings. The molecule has 4 nitrogen and oxygen atoms in total. The van der Waals surface area contributed by atoms with Crippen LogP contribution < -0.4 is 16.4 Å². The van der Waals surface area contributed by atoms with Gasteiger partial charge in [0.1, 0.15) is 0 Å².